The summed E-state index contributed by atoms with van der Waals surface area (Å²) in [7, 11) is -3.88. The summed E-state index contributed by atoms with van der Waals surface area (Å²) < 4.78 is 31.0. The number of para-hydroxylation sites is 1. The molecule has 112 valence electrons. The molecule has 0 saturated carbocycles. The third-order valence-electron chi connectivity index (χ3n) is 3.12. The lowest BCUT2D eigenvalue weighted by atomic mass is 10.2. The van der Waals surface area contributed by atoms with Gasteiger partial charge in [0, 0.05) is 14.7 Å². The predicted octanol–water partition coefficient (Wildman–Crippen LogP) is 3.92. The van der Waals surface area contributed by atoms with Gasteiger partial charge in [0.25, 0.3) is 0 Å². The zero-order valence-corrected chi connectivity index (χ0v) is 14.6. The van der Waals surface area contributed by atoms with Crippen LogP contribution in [0, 0.1) is 10.5 Å². The monoisotopic (exact) mass is 425 g/mol. The van der Waals surface area contributed by atoms with Crippen molar-refractivity contribution in [3.8, 4) is 5.75 Å². The molecule has 6 heteroatoms. The average Bonchev–Trinajstić information content (AvgIpc) is 2.48. The third-order valence-corrected chi connectivity index (χ3v) is 5.09. The van der Waals surface area contributed by atoms with Crippen LogP contribution in [0.25, 0.3) is 10.9 Å². The number of fused-ring (bicyclic) bond motifs is 1. The standard InChI is InChI=1S/C16H12INO3S/c1-11-5-6-12-3-2-4-15(16(12)18-11)21-22(19,20)14-9-7-13(17)8-10-14/h2-10H,1H3. The summed E-state index contributed by atoms with van der Waals surface area (Å²) >= 11 is 2.12. The van der Waals surface area contributed by atoms with E-state index < -0.39 is 10.1 Å². The van der Waals surface area contributed by atoms with E-state index in [1.165, 1.54) is 12.1 Å². The molecule has 0 saturated heterocycles. The Labute approximate surface area is 142 Å². The van der Waals surface area contributed by atoms with Gasteiger partial charge in [-0.2, -0.15) is 8.42 Å². The number of rotatable bonds is 3. The summed E-state index contributed by atoms with van der Waals surface area (Å²) in [6.07, 6.45) is 0. The van der Waals surface area contributed by atoms with Crippen LogP contribution in [-0.2, 0) is 10.1 Å². The molecule has 0 N–H and O–H groups in total. The maximum atomic E-state index is 12.4. The maximum absolute atomic E-state index is 12.4. The van der Waals surface area contributed by atoms with E-state index in [4.69, 9.17) is 4.18 Å². The van der Waals surface area contributed by atoms with Crippen LogP contribution in [0.1, 0.15) is 5.69 Å². The molecule has 0 aliphatic rings. The molecule has 0 fully saturated rings. The van der Waals surface area contributed by atoms with Crippen LogP contribution < -0.4 is 4.18 Å². The topological polar surface area (TPSA) is 56.3 Å². The molecule has 3 rings (SSSR count). The Morgan fingerprint density at radius 1 is 1.00 bits per heavy atom. The Morgan fingerprint density at radius 3 is 2.45 bits per heavy atom. The van der Waals surface area contributed by atoms with Gasteiger partial charge in [0.1, 0.15) is 10.4 Å². The number of halogens is 1. The fourth-order valence-electron chi connectivity index (χ4n) is 2.05. The molecule has 0 amide bonds. The highest BCUT2D eigenvalue weighted by Crippen LogP contribution is 2.27. The Kier molecular flexibility index (Phi) is 4.05. The van der Waals surface area contributed by atoms with E-state index in [9.17, 15) is 8.42 Å². The van der Waals surface area contributed by atoms with Crippen LogP contribution in [0.15, 0.2) is 59.5 Å². The second-order valence-corrected chi connectivity index (χ2v) is 7.56. The number of aryl methyl sites for hydroxylation is 1. The van der Waals surface area contributed by atoms with Crippen molar-refractivity contribution >= 4 is 43.6 Å². The maximum Gasteiger partial charge on any atom is 0.339 e. The minimum atomic E-state index is -3.88. The number of aromatic nitrogens is 1. The summed E-state index contributed by atoms with van der Waals surface area (Å²) in [6.45, 7) is 1.85. The van der Waals surface area contributed by atoms with E-state index in [1.54, 1.807) is 24.3 Å². The number of pyridine rings is 1. The van der Waals surface area contributed by atoms with Crippen molar-refractivity contribution in [2.75, 3.05) is 0 Å². The lowest BCUT2D eigenvalue weighted by Gasteiger charge is -2.09. The van der Waals surface area contributed by atoms with Gasteiger partial charge in [-0.15, -0.1) is 0 Å². The molecule has 0 unspecified atom stereocenters. The Balaban J connectivity index is 2.06. The predicted molar refractivity (Wildman–Crippen MR) is 93.5 cm³/mol. The fourth-order valence-corrected chi connectivity index (χ4v) is 3.35. The molecular formula is C16H12INO3S. The molecule has 0 radical (unpaired) electrons. The number of benzene rings is 2. The van der Waals surface area contributed by atoms with Gasteiger partial charge in [-0.25, -0.2) is 4.98 Å². The molecular weight excluding hydrogens is 413 g/mol. The Bertz CT molecular complexity index is 937. The van der Waals surface area contributed by atoms with Crippen molar-refractivity contribution in [3.63, 3.8) is 0 Å². The number of hydrogen-bond donors (Lipinski definition) is 0. The molecule has 3 aromatic rings. The summed E-state index contributed by atoms with van der Waals surface area (Å²) in [6, 6.07) is 15.5. The first-order valence-corrected chi connectivity index (χ1v) is 9.01. The van der Waals surface area contributed by atoms with Crippen LogP contribution in [-0.4, -0.2) is 13.4 Å². The van der Waals surface area contributed by atoms with Crippen molar-refractivity contribution in [1.29, 1.82) is 0 Å². The van der Waals surface area contributed by atoms with Crippen molar-refractivity contribution in [2.24, 2.45) is 0 Å². The van der Waals surface area contributed by atoms with Gasteiger partial charge >= 0.3 is 10.1 Å². The van der Waals surface area contributed by atoms with E-state index >= 15 is 0 Å². The van der Waals surface area contributed by atoms with Crippen LogP contribution >= 0.6 is 22.6 Å². The molecule has 0 aliphatic heterocycles. The van der Waals surface area contributed by atoms with Gasteiger partial charge in [-0.3, -0.25) is 0 Å². The molecule has 0 bridgehead atoms. The average molecular weight is 425 g/mol. The van der Waals surface area contributed by atoms with E-state index in [0.717, 1.165) is 14.7 Å². The summed E-state index contributed by atoms with van der Waals surface area (Å²) in [5, 5.41) is 0.834. The van der Waals surface area contributed by atoms with Crippen LogP contribution in [0.5, 0.6) is 5.75 Å². The highest BCUT2D eigenvalue weighted by atomic mass is 127. The van der Waals surface area contributed by atoms with Crippen LogP contribution in [0.4, 0.5) is 0 Å². The van der Waals surface area contributed by atoms with Gasteiger partial charge < -0.3 is 4.18 Å². The second kappa shape index (κ2) is 5.85. The second-order valence-electron chi connectivity index (χ2n) is 4.77. The van der Waals surface area contributed by atoms with Crippen molar-refractivity contribution in [3.05, 3.63) is 63.9 Å². The van der Waals surface area contributed by atoms with Gasteiger partial charge in [-0.1, -0.05) is 18.2 Å². The van der Waals surface area contributed by atoms with Gasteiger partial charge in [0.2, 0.25) is 0 Å². The number of nitrogens with zero attached hydrogens (tertiary/aromatic N) is 1. The molecule has 1 aromatic heterocycles. The van der Waals surface area contributed by atoms with E-state index in [2.05, 4.69) is 27.6 Å². The zero-order chi connectivity index (χ0) is 15.7. The van der Waals surface area contributed by atoms with Crippen LogP contribution in [0.2, 0.25) is 0 Å². The highest BCUT2D eigenvalue weighted by molar-refractivity contribution is 14.1. The molecule has 1 heterocycles. The quantitative estimate of drug-likeness (QED) is 0.472. The SMILES string of the molecule is Cc1ccc2cccc(OS(=O)(=O)c3ccc(I)cc3)c2n1. The zero-order valence-electron chi connectivity index (χ0n) is 11.7. The molecule has 4 nitrogen and oxygen atoms in total. The number of hydrogen-bond acceptors (Lipinski definition) is 4. The first-order valence-electron chi connectivity index (χ1n) is 6.52. The van der Waals surface area contributed by atoms with E-state index in [-0.39, 0.29) is 10.6 Å². The molecule has 2 aromatic carbocycles. The van der Waals surface area contributed by atoms with E-state index in [1.807, 2.05) is 25.1 Å². The normalized spacial score (nSPS) is 11.5. The Hall–Kier alpha value is -1.67. The summed E-state index contributed by atoms with van der Waals surface area (Å²) in [4.78, 5) is 4.50. The molecule has 22 heavy (non-hydrogen) atoms. The molecule has 0 aliphatic carbocycles. The fraction of sp³-hybridized carbons (Fsp3) is 0.0625. The van der Waals surface area contributed by atoms with Crippen LogP contribution in [0.3, 0.4) is 0 Å². The lowest BCUT2D eigenvalue weighted by Crippen LogP contribution is -2.10. The minimum Gasteiger partial charge on any atom is -0.377 e. The first kappa shape index (κ1) is 15.2. The van der Waals surface area contributed by atoms with Crippen molar-refractivity contribution in [2.45, 2.75) is 11.8 Å². The van der Waals surface area contributed by atoms with Gasteiger partial charge in [-0.05, 0) is 65.9 Å². The molecule has 0 atom stereocenters. The van der Waals surface area contributed by atoms with Crippen molar-refractivity contribution in [1.82, 2.24) is 4.98 Å². The summed E-state index contributed by atoms with van der Waals surface area (Å²) in [5.74, 6) is 0.236. The smallest absolute Gasteiger partial charge is 0.339 e. The van der Waals surface area contributed by atoms with Gasteiger partial charge in [0.15, 0.2) is 5.75 Å². The third kappa shape index (κ3) is 3.07. The van der Waals surface area contributed by atoms with Gasteiger partial charge in [0.05, 0.1) is 0 Å². The van der Waals surface area contributed by atoms with E-state index in [0.29, 0.717) is 5.52 Å². The lowest BCUT2D eigenvalue weighted by molar-refractivity contribution is 0.488. The minimum absolute atomic E-state index is 0.123. The van der Waals surface area contributed by atoms with Crippen molar-refractivity contribution < 1.29 is 12.6 Å². The molecule has 0 spiro atoms. The summed E-state index contributed by atoms with van der Waals surface area (Å²) in [5.41, 5.74) is 1.34. The largest absolute Gasteiger partial charge is 0.377 e. The highest BCUT2D eigenvalue weighted by Gasteiger charge is 2.18. The Morgan fingerprint density at radius 2 is 1.73 bits per heavy atom. The first-order chi connectivity index (χ1) is 10.5.